The van der Waals surface area contributed by atoms with Gasteiger partial charge in [0.25, 0.3) is 0 Å². The van der Waals surface area contributed by atoms with E-state index in [0.717, 1.165) is 17.1 Å². The molecule has 0 radical (unpaired) electrons. The molecule has 0 amide bonds. The summed E-state index contributed by atoms with van der Waals surface area (Å²) in [6, 6.07) is 83.6. The van der Waals surface area contributed by atoms with Gasteiger partial charge in [0.15, 0.2) is 0 Å². The van der Waals surface area contributed by atoms with E-state index in [2.05, 4.69) is 240 Å². The van der Waals surface area contributed by atoms with Crippen molar-refractivity contribution in [2.45, 2.75) is 0 Å². The van der Waals surface area contributed by atoms with Gasteiger partial charge in [-0.05, 0) is 128 Å². The minimum absolute atomic E-state index is 1.10. The summed E-state index contributed by atoms with van der Waals surface area (Å²) in [6.07, 6.45) is 0. The molecule has 0 aliphatic rings. The van der Waals surface area contributed by atoms with Crippen LogP contribution in [-0.4, -0.2) is 4.57 Å². The van der Waals surface area contributed by atoms with Crippen LogP contribution < -0.4 is 4.90 Å². The van der Waals surface area contributed by atoms with Crippen LogP contribution >= 0.6 is 0 Å². The molecule has 2 heteroatoms. The van der Waals surface area contributed by atoms with Crippen LogP contribution in [0.1, 0.15) is 0 Å². The van der Waals surface area contributed by atoms with Gasteiger partial charge in [-0.15, -0.1) is 0 Å². The topological polar surface area (TPSA) is 8.17 Å². The largest absolute Gasteiger partial charge is 0.311 e. The van der Waals surface area contributed by atoms with Crippen molar-refractivity contribution < 1.29 is 0 Å². The maximum absolute atomic E-state index is 2.40. The molecule has 0 saturated heterocycles. The second-order valence-electron chi connectivity index (χ2n) is 15.0. The van der Waals surface area contributed by atoms with Gasteiger partial charge >= 0.3 is 0 Å². The molecule has 0 N–H and O–H groups in total. The molecule has 0 aliphatic heterocycles. The SMILES string of the molecule is c1ccc(-c2ccc(N(c3ccc(-c4ccccc4)cc3)c3ccc(-c4ccc5c(ccc6cc7c8ccccc8n(-c8ccccc8)c7cc65)c4)cc3)cc2)cc1. The van der Waals surface area contributed by atoms with Crippen LogP contribution in [0.4, 0.5) is 17.1 Å². The maximum Gasteiger partial charge on any atom is 0.0547 e. The van der Waals surface area contributed by atoms with Gasteiger partial charge in [-0.3, -0.25) is 0 Å². The molecule has 0 atom stereocenters. The summed E-state index contributed by atoms with van der Waals surface area (Å²) in [5, 5.41) is 7.55. The van der Waals surface area contributed by atoms with Crippen LogP contribution in [0.25, 0.3) is 82.4 Å². The lowest BCUT2D eigenvalue weighted by atomic mass is 9.96. The summed E-state index contributed by atoms with van der Waals surface area (Å²) in [7, 11) is 0. The summed E-state index contributed by atoms with van der Waals surface area (Å²) in [4.78, 5) is 2.34. The van der Waals surface area contributed by atoms with Crippen LogP contribution in [-0.2, 0) is 0 Å². The maximum atomic E-state index is 2.40. The molecular weight excluding hydrogens is 701 g/mol. The minimum Gasteiger partial charge on any atom is -0.311 e. The van der Waals surface area contributed by atoms with Gasteiger partial charge in [-0.1, -0.05) is 158 Å². The standard InChI is InChI=1S/C56H38N2/c1-4-12-39(13-5-1)41-22-29-48(30-23-41)57(49-31-24-42(25-32-49)40-14-6-2-7-15-40)50-33-26-43(27-34-50)44-28-35-51-45(36-44)20-21-46-37-54-52-18-10-11-19-55(52)58(56(54)38-53(46)51)47-16-8-3-9-17-47/h1-38H. The zero-order chi connectivity index (χ0) is 38.4. The van der Waals surface area contributed by atoms with Crippen LogP contribution in [0.15, 0.2) is 231 Å². The molecule has 1 aromatic heterocycles. The Morgan fingerprint density at radius 1 is 0.259 bits per heavy atom. The molecule has 1 heterocycles. The van der Waals surface area contributed by atoms with Gasteiger partial charge in [0, 0.05) is 33.5 Å². The summed E-state index contributed by atoms with van der Waals surface area (Å²) < 4.78 is 2.40. The molecule has 11 aromatic rings. The lowest BCUT2D eigenvalue weighted by Gasteiger charge is -2.26. The molecular formula is C56H38N2. The summed E-state index contributed by atoms with van der Waals surface area (Å²) in [5.74, 6) is 0. The van der Waals surface area contributed by atoms with Crippen LogP contribution in [0.3, 0.4) is 0 Å². The van der Waals surface area contributed by atoms with Gasteiger partial charge < -0.3 is 9.47 Å². The fourth-order valence-electron chi connectivity index (χ4n) is 8.68. The highest BCUT2D eigenvalue weighted by atomic mass is 15.1. The lowest BCUT2D eigenvalue weighted by Crippen LogP contribution is -2.09. The molecule has 0 bridgehead atoms. The first-order chi connectivity index (χ1) is 28.7. The second kappa shape index (κ2) is 14.1. The van der Waals surface area contributed by atoms with E-state index in [-0.39, 0.29) is 0 Å². The molecule has 2 nitrogen and oxygen atoms in total. The predicted octanol–water partition coefficient (Wildman–Crippen LogP) is 15.6. The van der Waals surface area contributed by atoms with Crippen molar-refractivity contribution in [2.24, 2.45) is 0 Å². The molecule has 10 aromatic carbocycles. The Hall–Kier alpha value is -7.68. The molecule has 0 aliphatic carbocycles. The third kappa shape index (κ3) is 5.91. The summed E-state index contributed by atoms with van der Waals surface area (Å²) in [5.41, 5.74) is 14.1. The van der Waals surface area contributed by atoms with Gasteiger partial charge in [0.05, 0.1) is 11.0 Å². The third-order valence-electron chi connectivity index (χ3n) is 11.6. The first kappa shape index (κ1) is 33.6. The molecule has 0 spiro atoms. The number of fused-ring (bicyclic) bond motifs is 6. The molecule has 272 valence electrons. The Morgan fingerprint density at radius 3 is 1.28 bits per heavy atom. The molecule has 11 rings (SSSR count). The van der Waals surface area contributed by atoms with Crippen molar-refractivity contribution in [3.8, 4) is 39.1 Å². The van der Waals surface area contributed by atoms with E-state index >= 15 is 0 Å². The van der Waals surface area contributed by atoms with E-state index in [4.69, 9.17) is 0 Å². The summed E-state index contributed by atoms with van der Waals surface area (Å²) >= 11 is 0. The van der Waals surface area contributed by atoms with Crippen molar-refractivity contribution in [3.63, 3.8) is 0 Å². The first-order valence-electron chi connectivity index (χ1n) is 19.9. The third-order valence-corrected chi connectivity index (χ3v) is 11.6. The number of para-hydroxylation sites is 2. The van der Waals surface area contributed by atoms with Crippen LogP contribution in [0, 0.1) is 0 Å². The molecule has 0 saturated carbocycles. The average Bonchev–Trinajstić information content (AvgIpc) is 3.63. The van der Waals surface area contributed by atoms with Gasteiger partial charge in [0.2, 0.25) is 0 Å². The number of nitrogens with zero attached hydrogens (tertiary/aromatic N) is 2. The highest BCUT2D eigenvalue weighted by Gasteiger charge is 2.16. The number of benzene rings is 10. The molecule has 0 fully saturated rings. The van der Waals surface area contributed by atoms with E-state index in [9.17, 15) is 0 Å². The fourth-order valence-corrected chi connectivity index (χ4v) is 8.68. The van der Waals surface area contributed by atoms with Gasteiger partial charge in [0.1, 0.15) is 0 Å². The fraction of sp³-hybridized carbons (Fsp3) is 0. The van der Waals surface area contributed by atoms with Gasteiger partial charge in [-0.25, -0.2) is 0 Å². The van der Waals surface area contributed by atoms with Crippen LogP contribution in [0.2, 0.25) is 0 Å². The Labute approximate surface area is 338 Å². The van der Waals surface area contributed by atoms with Crippen molar-refractivity contribution in [3.05, 3.63) is 231 Å². The van der Waals surface area contributed by atoms with E-state index in [1.165, 1.54) is 82.4 Å². The Balaban J connectivity index is 0.968. The second-order valence-corrected chi connectivity index (χ2v) is 15.0. The molecule has 58 heavy (non-hydrogen) atoms. The highest BCUT2D eigenvalue weighted by Crippen LogP contribution is 2.40. The predicted molar refractivity (Wildman–Crippen MR) is 247 cm³/mol. The van der Waals surface area contributed by atoms with Crippen LogP contribution in [0.5, 0.6) is 0 Å². The zero-order valence-electron chi connectivity index (χ0n) is 31.8. The Kier molecular flexibility index (Phi) is 8.19. The number of hydrogen-bond acceptors (Lipinski definition) is 1. The number of anilines is 3. The zero-order valence-corrected chi connectivity index (χ0v) is 31.8. The van der Waals surface area contributed by atoms with Crippen molar-refractivity contribution >= 4 is 60.4 Å². The van der Waals surface area contributed by atoms with E-state index in [0.29, 0.717) is 0 Å². The Bertz CT molecular complexity index is 3140. The number of rotatable bonds is 7. The van der Waals surface area contributed by atoms with E-state index in [1.54, 1.807) is 0 Å². The first-order valence-corrected chi connectivity index (χ1v) is 19.9. The minimum atomic E-state index is 1.10. The highest BCUT2D eigenvalue weighted by molar-refractivity contribution is 6.18. The van der Waals surface area contributed by atoms with Crippen molar-refractivity contribution in [1.29, 1.82) is 0 Å². The van der Waals surface area contributed by atoms with Gasteiger partial charge in [-0.2, -0.15) is 0 Å². The lowest BCUT2D eigenvalue weighted by molar-refractivity contribution is 1.18. The van der Waals surface area contributed by atoms with E-state index < -0.39 is 0 Å². The monoisotopic (exact) mass is 738 g/mol. The smallest absolute Gasteiger partial charge is 0.0547 e. The number of hydrogen-bond donors (Lipinski definition) is 0. The molecule has 0 unspecified atom stereocenters. The average molecular weight is 739 g/mol. The van der Waals surface area contributed by atoms with E-state index in [1.807, 2.05) is 0 Å². The normalized spacial score (nSPS) is 11.4. The van der Waals surface area contributed by atoms with Crippen molar-refractivity contribution in [2.75, 3.05) is 4.90 Å². The Morgan fingerprint density at radius 2 is 0.707 bits per heavy atom. The summed E-state index contributed by atoms with van der Waals surface area (Å²) in [6.45, 7) is 0. The van der Waals surface area contributed by atoms with Crippen molar-refractivity contribution in [1.82, 2.24) is 4.57 Å². The number of aromatic nitrogens is 1. The quantitative estimate of drug-likeness (QED) is 0.148.